The number of nitrogens with one attached hydrogen (secondary N) is 1. The molecule has 2 N–H and O–H groups in total. The van der Waals surface area contributed by atoms with E-state index in [2.05, 4.69) is 14.8 Å². The summed E-state index contributed by atoms with van der Waals surface area (Å²) in [5.74, 6) is 0.120. The third-order valence-electron chi connectivity index (χ3n) is 7.93. The SMILES string of the molecule is COc1ccc2c(c1)O[C@@H](C(=O)N(CCO)Cc1ccccc1)C[C@@H]2NC(=O)C1(c2ccc3c(c2)OC(F)(F)O3)CC1. The van der Waals surface area contributed by atoms with Crippen LogP contribution >= 0.6 is 0 Å². The van der Waals surface area contributed by atoms with Crippen LogP contribution in [0.25, 0.3) is 0 Å². The number of amides is 2. The van der Waals surface area contributed by atoms with Crippen LogP contribution in [-0.4, -0.2) is 54.5 Å². The first kappa shape index (κ1) is 27.8. The third kappa shape index (κ3) is 5.32. The number of aliphatic hydroxyl groups is 1. The van der Waals surface area contributed by atoms with Gasteiger partial charge >= 0.3 is 6.29 Å². The Morgan fingerprint density at radius 1 is 1.02 bits per heavy atom. The summed E-state index contributed by atoms with van der Waals surface area (Å²) in [7, 11) is 1.52. The average molecular weight is 581 g/mol. The number of carbonyl (C=O) groups excluding carboxylic acids is 2. The molecule has 11 heteroatoms. The number of hydrogen-bond acceptors (Lipinski definition) is 7. The van der Waals surface area contributed by atoms with Crippen molar-refractivity contribution in [1.29, 1.82) is 0 Å². The Hall–Kier alpha value is -4.38. The highest BCUT2D eigenvalue weighted by atomic mass is 19.3. The van der Waals surface area contributed by atoms with Crippen LogP contribution in [0.2, 0.25) is 0 Å². The summed E-state index contributed by atoms with van der Waals surface area (Å²) in [6.45, 7) is 0.177. The van der Waals surface area contributed by atoms with Gasteiger partial charge in [-0.15, -0.1) is 8.78 Å². The van der Waals surface area contributed by atoms with Crippen molar-refractivity contribution in [3.63, 3.8) is 0 Å². The first-order chi connectivity index (χ1) is 20.2. The monoisotopic (exact) mass is 580 g/mol. The van der Waals surface area contributed by atoms with Gasteiger partial charge in [0.2, 0.25) is 5.91 Å². The topological polar surface area (TPSA) is 107 Å². The maximum atomic E-state index is 13.8. The molecular formula is C31H30F2N2O7. The Balaban J connectivity index is 1.25. The van der Waals surface area contributed by atoms with Crippen molar-refractivity contribution in [3.8, 4) is 23.0 Å². The maximum Gasteiger partial charge on any atom is 0.586 e. The van der Waals surface area contributed by atoms with Gasteiger partial charge in [0.1, 0.15) is 11.5 Å². The van der Waals surface area contributed by atoms with Gasteiger partial charge in [-0.3, -0.25) is 9.59 Å². The molecule has 220 valence electrons. The second-order valence-electron chi connectivity index (χ2n) is 10.7. The number of aliphatic hydroxyl groups excluding tert-OH is 1. The Morgan fingerprint density at radius 3 is 2.50 bits per heavy atom. The van der Waals surface area contributed by atoms with Gasteiger partial charge in [-0.05, 0) is 48.2 Å². The summed E-state index contributed by atoms with van der Waals surface area (Å²) in [6.07, 6.45) is -3.48. The molecule has 0 saturated heterocycles. The van der Waals surface area contributed by atoms with Gasteiger partial charge < -0.3 is 34.3 Å². The molecule has 6 rings (SSSR count). The highest BCUT2D eigenvalue weighted by Gasteiger charge is 2.53. The second kappa shape index (κ2) is 10.8. The largest absolute Gasteiger partial charge is 0.586 e. The molecule has 3 aliphatic rings. The van der Waals surface area contributed by atoms with E-state index < -0.39 is 23.9 Å². The van der Waals surface area contributed by atoms with Crippen molar-refractivity contribution in [3.05, 3.63) is 83.4 Å². The molecule has 3 aromatic carbocycles. The molecule has 2 atom stereocenters. The van der Waals surface area contributed by atoms with E-state index in [9.17, 15) is 23.5 Å². The lowest BCUT2D eigenvalue weighted by Crippen LogP contribution is -2.48. The fourth-order valence-corrected chi connectivity index (χ4v) is 5.57. The van der Waals surface area contributed by atoms with E-state index in [0.717, 1.165) is 5.56 Å². The first-order valence-corrected chi connectivity index (χ1v) is 13.7. The smallest absolute Gasteiger partial charge is 0.497 e. The van der Waals surface area contributed by atoms with Crippen molar-refractivity contribution in [2.45, 2.75) is 49.7 Å². The van der Waals surface area contributed by atoms with Crippen LogP contribution in [0.15, 0.2) is 66.7 Å². The summed E-state index contributed by atoms with van der Waals surface area (Å²) in [4.78, 5) is 29.1. The number of methoxy groups -OCH3 is 1. The number of nitrogens with zero attached hydrogens (tertiary/aromatic N) is 1. The molecule has 9 nitrogen and oxygen atoms in total. The van der Waals surface area contributed by atoms with Crippen LogP contribution in [0.5, 0.6) is 23.0 Å². The Labute approximate surface area is 240 Å². The van der Waals surface area contributed by atoms with Crippen molar-refractivity contribution in [2.75, 3.05) is 20.3 Å². The van der Waals surface area contributed by atoms with Crippen LogP contribution in [0, 0.1) is 0 Å². The molecule has 2 aliphatic heterocycles. The molecule has 0 radical (unpaired) electrons. The van der Waals surface area contributed by atoms with Crippen molar-refractivity contribution in [2.24, 2.45) is 0 Å². The molecule has 0 spiro atoms. The number of hydrogen-bond donors (Lipinski definition) is 2. The molecule has 42 heavy (non-hydrogen) atoms. The summed E-state index contributed by atoms with van der Waals surface area (Å²) in [6, 6.07) is 18.5. The zero-order valence-electron chi connectivity index (χ0n) is 22.8. The molecule has 1 fully saturated rings. The molecule has 2 heterocycles. The van der Waals surface area contributed by atoms with Gasteiger partial charge in [-0.2, -0.15) is 0 Å². The quantitative estimate of drug-likeness (QED) is 0.393. The lowest BCUT2D eigenvalue weighted by Gasteiger charge is -2.35. The first-order valence-electron chi connectivity index (χ1n) is 13.7. The second-order valence-corrected chi connectivity index (χ2v) is 10.7. The predicted molar refractivity (Wildman–Crippen MR) is 145 cm³/mol. The van der Waals surface area contributed by atoms with Gasteiger partial charge in [0.15, 0.2) is 17.6 Å². The number of halogens is 2. The van der Waals surface area contributed by atoms with Crippen molar-refractivity contribution >= 4 is 11.8 Å². The molecule has 0 bridgehead atoms. The van der Waals surface area contributed by atoms with E-state index >= 15 is 0 Å². The Kier molecular flexibility index (Phi) is 7.14. The van der Waals surface area contributed by atoms with Crippen molar-refractivity contribution in [1.82, 2.24) is 10.2 Å². The fraction of sp³-hybridized carbons (Fsp3) is 0.355. The molecule has 1 aliphatic carbocycles. The summed E-state index contributed by atoms with van der Waals surface area (Å²) >= 11 is 0. The van der Waals surface area contributed by atoms with Gasteiger partial charge in [-0.25, -0.2) is 0 Å². The molecule has 0 aromatic heterocycles. The summed E-state index contributed by atoms with van der Waals surface area (Å²) in [5.41, 5.74) is 1.22. The third-order valence-corrected chi connectivity index (χ3v) is 7.93. The van der Waals surface area contributed by atoms with Gasteiger partial charge in [0.05, 0.1) is 25.2 Å². The van der Waals surface area contributed by atoms with E-state index in [-0.39, 0.29) is 49.4 Å². The minimum atomic E-state index is -3.75. The molecule has 1 saturated carbocycles. The van der Waals surface area contributed by atoms with Crippen LogP contribution < -0.4 is 24.3 Å². The van der Waals surface area contributed by atoms with Crippen LogP contribution in [0.3, 0.4) is 0 Å². The maximum absolute atomic E-state index is 13.8. The lowest BCUT2D eigenvalue weighted by molar-refractivity contribution is -0.286. The minimum Gasteiger partial charge on any atom is -0.497 e. The molecule has 2 amide bonds. The summed E-state index contributed by atoms with van der Waals surface area (Å²) in [5, 5.41) is 12.8. The number of alkyl halides is 2. The van der Waals surface area contributed by atoms with Gasteiger partial charge in [0, 0.05) is 31.1 Å². The zero-order chi connectivity index (χ0) is 29.5. The van der Waals surface area contributed by atoms with Gasteiger partial charge in [0.25, 0.3) is 5.91 Å². The highest BCUT2D eigenvalue weighted by Crippen LogP contribution is 2.52. The number of rotatable bonds is 9. The average Bonchev–Trinajstić information content (AvgIpc) is 3.73. The highest BCUT2D eigenvalue weighted by molar-refractivity contribution is 5.92. The zero-order valence-corrected chi connectivity index (χ0v) is 22.8. The number of benzene rings is 3. The summed E-state index contributed by atoms with van der Waals surface area (Å²) < 4.78 is 47.8. The number of fused-ring (bicyclic) bond motifs is 2. The van der Waals surface area contributed by atoms with Crippen LogP contribution in [0.4, 0.5) is 8.78 Å². The number of ether oxygens (including phenoxy) is 4. The number of carbonyl (C=O) groups is 2. The van der Waals surface area contributed by atoms with E-state index in [1.807, 2.05) is 30.3 Å². The molecular weight excluding hydrogens is 550 g/mol. The van der Waals surface area contributed by atoms with Crippen molar-refractivity contribution < 1.29 is 42.4 Å². The lowest BCUT2D eigenvalue weighted by atomic mass is 9.91. The van der Waals surface area contributed by atoms with Gasteiger partial charge in [-0.1, -0.05) is 36.4 Å². The normalized spacial score (nSPS) is 20.6. The van der Waals surface area contributed by atoms with Crippen LogP contribution in [-0.2, 0) is 21.5 Å². The predicted octanol–water partition coefficient (Wildman–Crippen LogP) is 4.08. The standard InChI is InChI=1S/C31H30F2N2O7/c1-39-21-8-9-22-23(34-29(38)30(11-12-30)20-7-10-24-26(15-20)42-31(32,33)41-24)17-27(40-25(22)16-21)28(37)35(13-14-36)18-19-5-3-2-4-6-19/h2-10,15-16,23,27,36H,11-14,17-18H2,1H3,(H,34,38)/t23-,27+/m0/s1. The van der Waals surface area contributed by atoms with E-state index in [1.54, 1.807) is 24.3 Å². The fourth-order valence-electron chi connectivity index (χ4n) is 5.57. The minimum absolute atomic E-state index is 0.0865. The Bertz CT molecular complexity index is 1500. The molecule has 0 unspecified atom stereocenters. The van der Waals surface area contributed by atoms with E-state index in [0.29, 0.717) is 35.5 Å². The van der Waals surface area contributed by atoms with E-state index in [1.165, 1.54) is 24.1 Å². The van der Waals surface area contributed by atoms with Crippen LogP contribution in [0.1, 0.15) is 42.0 Å². The Morgan fingerprint density at radius 2 is 1.79 bits per heavy atom. The molecule has 3 aromatic rings. The van der Waals surface area contributed by atoms with E-state index in [4.69, 9.17) is 9.47 Å².